The highest BCUT2D eigenvalue weighted by atomic mass is 16.5. The Morgan fingerprint density at radius 1 is 1.27 bits per heavy atom. The molecule has 0 radical (unpaired) electrons. The normalized spacial score (nSPS) is 13.4. The Bertz CT molecular complexity index is 566. The molecular weight excluding hydrogens is 278 g/mol. The molecule has 0 amide bonds. The van der Waals surface area contributed by atoms with Gasteiger partial charge in [0.25, 0.3) is 0 Å². The van der Waals surface area contributed by atoms with Gasteiger partial charge in [-0.05, 0) is 46.2 Å². The summed E-state index contributed by atoms with van der Waals surface area (Å²) in [5, 5.41) is 13.5. The van der Waals surface area contributed by atoms with E-state index in [1.807, 2.05) is 33.8 Å². The first-order chi connectivity index (χ1) is 10.2. The number of nitrogens with one attached hydrogen (secondary N) is 1. The zero-order chi connectivity index (χ0) is 16.8. The lowest BCUT2D eigenvalue weighted by atomic mass is 10.1. The van der Waals surface area contributed by atoms with E-state index in [9.17, 15) is 9.90 Å². The molecule has 0 unspecified atom stereocenters. The molecular formula is C18H25NO3. The minimum Gasteiger partial charge on any atom is -0.507 e. The molecule has 1 aromatic carbocycles. The Balaban J connectivity index is 2.87. The molecule has 0 saturated heterocycles. The standard InChI is InChI=1S/C18H25NO3/c1-6-15(19-18(3,4)5)13(2)16(20)12-17(21)22-14-10-8-7-9-11-14/h7-12,19-20H,6H2,1-5H3/b15-13-,16-12+. The molecule has 2 N–H and O–H groups in total. The summed E-state index contributed by atoms with van der Waals surface area (Å²) in [5.74, 6) is -0.245. The van der Waals surface area contributed by atoms with Crippen molar-refractivity contribution in [1.29, 1.82) is 0 Å². The van der Waals surface area contributed by atoms with Crippen LogP contribution in [0.2, 0.25) is 0 Å². The third-order valence-corrected chi connectivity index (χ3v) is 2.93. The highest BCUT2D eigenvalue weighted by molar-refractivity contribution is 5.85. The van der Waals surface area contributed by atoms with E-state index in [1.54, 1.807) is 31.2 Å². The van der Waals surface area contributed by atoms with Crippen molar-refractivity contribution in [3.63, 3.8) is 0 Å². The number of aliphatic hydroxyl groups excluding tert-OH is 1. The van der Waals surface area contributed by atoms with E-state index in [4.69, 9.17) is 4.74 Å². The van der Waals surface area contributed by atoms with Crippen LogP contribution in [0, 0.1) is 0 Å². The molecule has 0 bridgehead atoms. The van der Waals surface area contributed by atoms with E-state index in [0.29, 0.717) is 11.3 Å². The topological polar surface area (TPSA) is 58.6 Å². The quantitative estimate of drug-likeness (QED) is 0.283. The molecule has 0 aromatic heterocycles. The van der Waals surface area contributed by atoms with Crippen molar-refractivity contribution in [3.05, 3.63) is 53.4 Å². The fraction of sp³-hybridized carbons (Fsp3) is 0.389. The first-order valence-corrected chi connectivity index (χ1v) is 7.38. The van der Waals surface area contributed by atoms with E-state index in [-0.39, 0.29) is 11.3 Å². The summed E-state index contributed by atoms with van der Waals surface area (Å²) in [7, 11) is 0. The maximum atomic E-state index is 11.8. The molecule has 1 aromatic rings. The summed E-state index contributed by atoms with van der Waals surface area (Å²) in [5.41, 5.74) is 1.42. The van der Waals surface area contributed by atoms with Crippen LogP contribution in [0.15, 0.2) is 53.4 Å². The SMILES string of the molecule is CC/C(NC(C)(C)C)=C(C)/C(O)=C\C(=O)Oc1ccccc1. The fourth-order valence-corrected chi connectivity index (χ4v) is 1.91. The minimum atomic E-state index is -0.603. The molecule has 0 fully saturated rings. The Labute approximate surface area is 132 Å². The summed E-state index contributed by atoms with van der Waals surface area (Å²) in [6.45, 7) is 9.90. The maximum Gasteiger partial charge on any atom is 0.339 e. The predicted molar refractivity (Wildman–Crippen MR) is 88.7 cm³/mol. The van der Waals surface area contributed by atoms with Crippen LogP contribution in [0.1, 0.15) is 41.0 Å². The van der Waals surface area contributed by atoms with Crippen LogP contribution in [0.25, 0.3) is 0 Å². The third kappa shape index (κ3) is 6.04. The zero-order valence-electron chi connectivity index (χ0n) is 13.9. The number of carbonyl (C=O) groups excluding carboxylic acids is 1. The maximum absolute atomic E-state index is 11.8. The number of carbonyl (C=O) groups is 1. The van der Waals surface area contributed by atoms with E-state index in [1.165, 1.54) is 0 Å². The van der Waals surface area contributed by atoms with Gasteiger partial charge in [0, 0.05) is 16.8 Å². The summed E-state index contributed by atoms with van der Waals surface area (Å²) >= 11 is 0. The van der Waals surface area contributed by atoms with Crippen LogP contribution >= 0.6 is 0 Å². The molecule has 0 saturated carbocycles. The lowest BCUT2D eigenvalue weighted by Crippen LogP contribution is -2.35. The molecule has 4 nitrogen and oxygen atoms in total. The van der Waals surface area contributed by atoms with Crippen LogP contribution in [0.3, 0.4) is 0 Å². The molecule has 0 aliphatic heterocycles. The third-order valence-electron chi connectivity index (χ3n) is 2.93. The van der Waals surface area contributed by atoms with Gasteiger partial charge in [-0.3, -0.25) is 0 Å². The van der Waals surface area contributed by atoms with Gasteiger partial charge in [-0.2, -0.15) is 0 Å². The number of hydrogen-bond donors (Lipinski definition) is 2. The average Bonchev–Trinajstić information content (AvgIpc) is 2.43. The highest BCUT2D eigenvalue weighted by Gasteiger charge is 2.14. The molecule has 4 heteroatoms. The van der Waals surface area contributed by atoms with E-state index in [2.05, 4.69) is 5.32 Å². The number of rotatable bonds is 5. The van der Waals surface area contributed by atoms with Crippen molar-refractivity contribution in [2.75, 3.05) is 0 Å². The monoisotopic (exact) mass is 303 g/mol. The number of para-hydroxylation sites is 1. The first kappa shape index (κ1) is 17.8. The number of ether oxygens (including phenoxy) is 1. The number of esters is 1. The largest absolute Gasteiger partial charge is 0.507 e. The van der Waals surface area contributed by atoms with Crippen molar-refractivity contribution in [2.24, 2.45) is 0 Å². The number of hydrogen-bond acceptors (Lipinski definition) is 4. The second kappa shape index (κ2) is 7.69. The van der Waals surface area contributed by atoms with Crippen molar-refractivity contribution in [3.8, 4) is 5.75 Å². The molecule has 0 heterocycles. The molecule has 22 heavy (non-hydrogen) atoms. The van der Waals surface area contributed by atoms with Crippen molar-refractivity contribution in [1.82, 2.24) is 5.32 Å². The van der Waals surface area contributed by atoms with Crippen LogP contribution < -0.4 is 10.1 Å². The molecule has 120 valence electrons. The molecule has 0 atom stereocenters. The Hall–Kier alpha value is -2.23. The predicted octanol–water partition coefficient (Wildman–Crippen LogP) is 4.11. The second-order valence-corrected chi connectivity index (χ2v) is 6.10. The number of benzene rings is 1. The summed E-state index contributed by atoms with van der Waals surface area (Å²) in [4.78, 5) is 11.8. The molecule has 1 rings (SSSR count). The summed E-state index contributed by atoms with van der Waals surface area (Å²) in [6.07, 6.45) is 1.83. The Morgan fingerprint density at radius 2 is 1.86 bits per heavy atom. The van der Waals surface area contributed by atoms with Gasteiger partial charge >= 0.3 is 5.97 Å². The van der Waals surface area contributed by atoms with Crippen LogP contribution in [0.4, 0.5) is 0 Å². The van der Waals surface area contributed by atoms with Gasteiger partial charge < -0.3 is 15.2 Å². The minimum absolute atomic E-state index is 0.0884. The average molecular weight is 303 g/mol. The zero-order valence-corrected chi connectivity index (χ0v) is 13.9. The van der Waals surface area contributed by atoms with Crippen molar-refractivity contribution >= 4 is 5.97 Å². The van der Waals surface area contributed by atoms with Gasteiger partial charge in [0.2, 0.25) is 0 Å². The van der Waals surface area contributed by atoms with E-state index < -0.39 is 5.97 Å². The van der Waals surface area contributed by atoms with Crippen LogP contribution in [-0.4, -0.2) is 16.6 Å². The lowest BCUT2D eigenvalue weighted by molar-refractivity contribution is -0.129. The Kier molecular flexibility index (Phi) is 6.23. The second-order valence-electron chi connectivity index (χ2n) is 6.10. The number of allylic oxidation sites excluding steroid dienone is 2. The lowest BCUT2D eigenvalue weighted by Gasteiger charge is -2.25. The summed E-state index contributed by atoms with van der Waals surface area (Å²) < 4.78 is 5.13. The van der Waals surface area contributed by atoms with Gasteiger partial charge in [0.15, 0.2) is 0 Å². The Morgan fingerprint density at radius 3 is 2.36 bits per heavy atom. The van der Waals surface area contributed by atoms with Crippen molar-refractivity contribution in [2.45, 2.75) is 46.6 Å². The van der Waals surface area contributed by atoms with Crippen LogP contribution in [0.5, 0.6) is 5.75 Å². The smallest absolute Gasteiger partial charge is 0.339 e. The fourth-order valence-electron chi connectivity index (χ4n) is 1.91. The molecule has 0 aliphatic rings. The van der Waals surface area contributed by atoms with Gasteiger partial charge in [-0.25, -0.2) is 4.79 Å². The van der Waals surface area contributed by atoms with E-state index >= 15 is 0 Å². The van der Waals surface area contributed by atoms with Crippen molar-refractivity contribution < 1.29 is 14.6 Å². The molecule has 0 spiro atoms. The van der Waals surface area contributed by atoms with Gasteiger partial charge in [-0.15, -0.1) is 0 Å². The van der Waals surface area contributed by atoms with Gasteiger partial charge in [-0.1, -0.05) is 25.1 Å². The molecule has 0 aliphatic carbocycles. The number of aliphatic hydroxyl groups is 1. The van der Waals surface area contributed by atoms with Gasteiger partial charge in [0.1, 0.15) is 11.5 Å². The van der Waals surface area contributed by atoms with Crippen LogP contribution in [-0.2, 0) is 4.79 Å². The highest BCUT2D eigenvalue weighted by Crippen LogP contribution is 2.17. The first-order valence-electron chi connectivity index (χ1n) is 7.38. The summed E-state index contributed by atoms with van der Waals surface area (Å²) in [6, 6.07) is 8.76. The van der Waals surface area contributed by atoms with Gasteiger partial charge in [0.05, 0.1) is 6.08 Å². The van der Waals surface area contributed by atoms with E-state index in [0.717, 1.165) is 18.2 Å².